The van der Waals surface area contributed by atoms with Gasteiger partial charge in [-0.25, -0.2) is 0 Å². The highest BCUT2D eigenvalue weighted by Gasteiger charge is 2.48. The third-order valence-electron chi connectivity index (χ3n) is 7.29. The topological polar surface area (TPSA) is 117 Å². The number of nitrogens with zero attached hydrogens (tertiary/aromatic N) is 3. The van der Waals surface area contributed by atoms with Crippen molar-refractivity contribution in [2.75, 3.05) is 33.5 Å². The van der Waals surface area contributed by atoms with E-state index < -0.39 is 5.41 Å². The maximum atomic E-state index is 13.0. The summed E-state index contributed by atoms with van der Waals surface area (Å²) in [6, 6.07) is 1.64. The number of Topliss-reactive ketones (excluding diaryl/α,β-unsaturated/α-hetero) is 1. The summed E-state index contributed by atoms with van der Waals surface area (Å²) in [5.41, 5.74) is 0.740. The molecule has 2 saturated carbocycles. The first-order chi connectivity index (χ1) is 16.1. The molecule has 178 valence electrons. The molecule has 33 heavy (non-hydrogen) atoms. The fraction of sp³-hybridized carbons (Fsp3) is 0.667. The maximum Gasteiger partial charge on any atom is 0.220 e. The molecule has 0 unspecified atom stereocenters. The van der Waals surface area contributed by atoms with E-state index in [1.165, 1.54) is 0 Å². The van der Waals surface area contributed by atoms with Crippen molar-refractivity contribution in [3.05, 3.63) is 17.4 Å². The average molecular weight is 458 g/mol. The highest BCUT2D eigenvalue weighted by atomic mass is 16.5. The number of aliphatic hydroxyl groups is 1. The Morgan fingerprint density at radius 1 is 1.03 bits per heavy atom. The van der Waals surface area contributed by atoms with Crippen molar-refractivity contribution in [1.82, 2.24) is 15.1 Å². The number of methoxy groups -OCH3 is 1. The molecule has 5 rings (SSSR count). The predicted octanol–water partition coefficient (Wildman–Crippen LogP) is 3.03. The van der Waals surface area contributed by atoms with Crippen LogP contribution in [0.2, 0.25) is 0 Å². The van der Waals surface area contributed by atoms with Crippen molar-refractivity contribution >= 4 is 5.78 Å². The lowest BCUT2D eigenvalue weighted by Crippen LogP contribution is -2.41. The van der Waals surface area contributed by atoms with Gasteiger partial charge in [0.15, 0.2) is 17.3 Å². The molecule has 2 aromatic heterocycles. The monoisotopic (exact) mass is 457 g/mol. The van der Waals surface area contributed by atoms with E-state index in [1.807, 2.05) is 0 Å². The van der Waals surface area contributed by atoms with Gasteiger partial charge in [0.1, 0.15) is 12.4 Å². The minimum Gasteiger partial charge on any atom is -0.477 e. The number of fused-ring (bicyclic) bond motifs is 2. The number of carbonyl (C=O) groups excluding carboxylic acids is 1. The third kappa shape index (κ3) is 4.24. The second kappa shape index (κ2) is 9.02. The Morgan fingerprint density at radius 2 is 1.82 bits per heavy atom. The summed E-state index contributed by atoms with van der Waals surface area (Å²) in [6.45, 7) is 1.23. The normalized spacial score (nSPS) is 23.4. The Kier molecular flexibility index (Phi) is 6.09. The van der Waals surface area contributed by atoms with Crippen molar-refractivity contribution in [3.63, 3.8) is 0 Å². The van der Waals surface area contributed by atoms with Gasteiger partial charge in [-0.2, -0.15) is 9.97 Å². The molecule has 0 saturated heterocycles. The van der Waals surface area contributed by atoms with Gasteiger partial charge in [-0.3, -0.25) is 4.79 Å². The predicted molar refractivity (Wildman–Crippen MR) is 117 cm³/mol. The molecule has 9 heteroatoms. The highest BCUT2D eigenvalue weighted by molar-refractivity contribution is 5.91. The van der Waals surface area contributed by atoms with Crippen LogP contribution in [0.25, 0.3) is 11.5 Å². The zero-order valence-corrected chi connectivity index (χ0v) is 19.1. The molecule has 0 aliphatic heterocycles. The van der Waals surface area contributed by atoms with Gasteiger partial charge < -0.3 is 23.8 Å². The number of rotatable bonds is 9. The number of aromatic nitrogens is 3. The lowest BCUT2D eigenvalue weighted by molar-refractivity contribution is -0.128. The molecule has 1 spiro atoms. The van der Waals surface area contributed by atoms with Gasteiger partial charge in [-0.15, -0.1) is 0 Å². The molecule has 2 heterocycles. The number of aliphatic hydroxyl groups excluding tert-OH is 1. The van der Waals surface area contributed by atoms with E-state index in [0.29, 0.717) is 55.3 Å². The summed E-state index contributed by atoms with van der Waals surface area (Å²) in [6.07, 6.45) is 7.72. The van der Waals surface area contributed by atoms with E-state index in [2.05, 4.69) is 15.1 Å². The Bertz CT molecular complexity index is 1020. The van der Waals surface area contributed by atoms with Gasteiger partial charge >= 0.3 is 0 Å². The number of ketones is 1. The van der Waals surface area contributed by atoms with Gasteiger partial charge in [0.05, 0.1) is 31.3 Å². The average Bonchev–Trinajstić information content (AvgIpc) is 3.49. The van der Waals surface area contributed by atoms with Crippen LogP contribution >= 0.6 is 0 Å². The number of hydrogen-bond donors (Lipinski definition) is 1. The van der Waals surface area contributed by atoms with Crippen LogP contribution < -0.4 is 9.47 Å². The zero-order chi connectivity index (χ0) is 22.9. The third-order valence-corrected chi connectivity index (χ3v) is 7.29. The molecule has 0 aromatic carbocycles. The van der Waals surface area contributed by atoms with Crippen LogP contribution in [-0.2, 0) is 21.4 Å². The maximum absolute atomic E-state index is 13.0. The highest BCUT2D eigenvalue weighted by Crippen LogP contribution is 2.48. The van der Waals surface area contributed by atoms with Crippen molar-refractivity contribution < 1.29 is 28.6 Å². The number of carbonyl (C=O) groups is 1. The second-order valence-electron chi connectivity index (χ2n) is 9.56. The van der Waals surface area contributed by atoms with Crippen molar-refractivity contribution in [3.8, 4) is 23.3 Å². The van der Waals surface area contributed by atoms with Crippen molar-refractivity contribution in [1.29, 1.82) is 0 Å². The fourth-order valence-electron chi connectivity index (χ4n) is 5.01. The van der Waals surface area contributed by atoms with Crippen LogP contribution in [0.5, 0.6) is 11.8 Å². The van der Waals surface area contributed by atoms with E-state index in [9.17, 15) is 9.90 Å². The summed E-state index contributed by atoms with van der Waals surface area (Å²) in [5.74, 6) is 2.04. The second-order valence-corrected chi connectivity index (χ2v) is 9.56. The SMILES string of the molecule is COCCOc1cc(OCC2(CO)CC2)nc(-c2noc3c2CCC[C@@]32CCCCC2=O)n1. The largest absolute Gasteiger partial charge is 0.477 e. The summed E-state index contributed by atoms with van der Waals surface area (Å²) in [5, 5.41) is 14.0. The summed E-state index contributed by atoms with van der Waals surface area (Å²) >= 11 is 0. The molecule has 9 nitrogen and oxygen atoms in total. The van der Waals surface area contributed by atoms with Gasteiger partial charge in [0.2, 0.25) is 11.8 Å². The molecule has 1 atom stereocenters. The fourth-order valence-corrected chi connectivity index (χ4v) is 5.01. The molecular weight excluding hydrogens is 426 g/mol. The smallest absolute Gasteiger partial charge is 0.220 e. The van der Waals surface area contributed by atoms with Gasteiger partial charge in [0, 0.05) is 24.5 Å². The lowest BCUT2D eigenvalue weighted by atomic mass is 9.64. The molecule has 2 fully saturated rings. The van der Waals surface area contributed by atoms with Gasteiger partial charge in [-0.05, 0) is 44.9 Å². The Labute approximate surface area is 192 Å². The van der Waals surface area contributed by atoms with Crippen LogP contribution in [0, 0.1) is 5.41 Å². The van der Waals surface area contributed by atoms with Crippen LogP contribution in [0.15, 0.2) is 10.6 Å². The zero-order valence-electron chi connectivity index (χ0n) is 19.1. The summed E-state index contributed by atoms with van der Waals surface area (Å²) in [4.78, 5) is 22.1. The first kappa shape index (κ1) is 22.3. The molecule has 0 amide bonds. The lowest BCUT2D eigenvalue weighted by Gasteiger charge is -2.36. The molecule has 0 radical (unpaired) electrons. The minimum absolute atomic E-state index is 0.0923. The summed E-state index contributed by atoms with van der Waals surface area (Å²) < 4.78 is 22.6. The van der Waals surface area contributed by atoms with E-state index in [1.54, 1.807) is 13.2 Å². The van der Waals surface area contributed by atoms with Gasteiger partial charge in [-0.1, -0.05) is 11.6 Å². The van der Waals surface area contributed by atoms with Crippen LogP contribution in [-0.4, -0.2) is 59.6 Å². The Morgan fingerprint density at radius 3 is 2.55 bits per heavy atom. The summed E-state index contributed by atoms with van der Waals surface area (Å²) in [7, 11) is 1.61. The molecule has 0 bridgehead atoms. The Hall–Kier alpha value is -2.52. The van der Waals surface area contributed by atoms with E-state index >= 15 is 0 Å². The van der Waals surface area contributed by atoms with Crippen molar-refractivity contribution in [2.45, 2.75) is 63.2 Å². The van der Waals surface area contributed by atoms with Crippen LogP contribution in [0.3, 0.4) is 0 Å². The molecule has 1 N–H and O–H groups in total. The quantitative estimate of drug-likeness (QED) is 0.567. The Balaban J connectivity index is 1.48. The number of ether oxygens (including phenoxy) is 3. The standard InChI is InChI=1S/C24H31N3O6/c1-30-11-12-31-18-13-19(32-15-23(14-28)9-10-23)26-22(25-18)20-16-5-4-8-24(21(16)33-27-20)7-3-2-6-17(24)29/h13,28H,2-12,14-15H2,1H3/t24-/m1/s1. The molecule has 3 aliphatic rings. The van der Waals surface area contributed by atoms with Gasteiger partial charge in [0.25, 0.3) is 0 Å². The van der Waals surface area contributed by atoms with Crippen LogP contribution in [0.1, 0.15) is 62.7 Å². The first-order valence-electron chi connectivity index (χ1n) is 11.9. The molecule has 3 aliphatic carbocycles. The molecule has 2 aromatic rings. The van der Waals surface area contributed by atoms with E-state index in [-0.39, 0.29) is 17.8 Å². The molecular formula is C24H31N3O6. The van der Waals surface area contributed by atoms with Crippen molar-refractivity contribution in [2.24, 2.45) is 5.41 Å². The van der Waals surface area contributed by atoms with E-state index in [0.717, 1.165) is 56.9 Å². The number of hydrogen-bond acceptors (Lipinski definition) is 9. The van der Waals surface area contributed by atoms with E-state index in [4.69, 9.17) is 18.7 Å². The first-order valence-corrected chi connectivity index (χ1v) is 11.9. The minimum atomic E-state index is -0.553. The van der Waals surface area contributed by atoms with Crippen LogP contribution in [0.4, 0.5) is 0 Å².